The maximum absolute atomic E-state index is 13.0. The van der Waals surface area contributed by atoms with E-state index in [0.717, 1.165) is 29.9 Å². The Balaban J connectivity index is 2.09. The second-order valence-electron chi connectivity index (χ2n) is 5.93. The Morgan fingerprint density at radius 2 is 2.05 bits per heavy atom. The fourth-order valence-electron chi connectivity index (χ4n) is 2.99. The zero-order chi connectivity index (χ0) is 15.9. The van der Waals surface area contributed by atoms with Crippen LogP contribution in [0.4, 0.5) is 0 Å². The van der Waals surface area contributed by atoms with Gasteiger partial charge in [0, 0.05) is 11.3 Å². The molecule has 22 heavy (non-hydrogen) atoms. The molecule has 0 spiro atoms. The summed E-state index contributed by atoms with van der Waals surface area (Å²) in [6.45, 7) is 5.89. The number of carbonyl (C=O) groups excluding carboxylic acids is 1. The summed E-state index contributed by atoms with van der Waals surface area (Å²) in [6.07, 6.45) is 2.24. The van der Waals surface area contributed by atoms with E-state index in [4.69, 9.17) is 11.6 Å². The van der Waals surface area contributed by atoms with Crippen LogP contribution in [0.2, 0.25) is 5.15 Å². The van der Waals surface area contributed by atoms with Crippen LogP contribution in [0.3, 0.4) is 0 Å². The second kappa shape index (κ2) is 5.43. The Bertz CT molecular complexity index is 760. The van der Waals surface area contributed by atoms with Crippen molar-refractivity contribution in [2.45, 2.75) is 45.4 Å². The van der Waals surface area contributed by atoms with Crippen LogP contribution in [-0.4, -0.2) is 20.7 Å². The molecule has 0 aliphatic heterocycles. The van der Waals surface area contributed by atoms with Crippen molar-refractivity contribution >= 4 is 17.4 Å². The monoisotopic (exact) mass is 315 g/mol. The number of Topliss-reactive ketones (excluding diaryl/α,β-unsaturated/α-hetero) is 1. The normalized spacial score (nSPS) is 20.8. The standard InChI is InChI=1S/C17H18ClN3O/c1-4-11-9-14(20-10(2)19-11)17(3)8-7-13-12(16(17)22)5-6-15(18)21-13/h5-6,9H,4,7-8H2,1-3H3. The number of rotatable bonds is 2. The zero-order valence-corrected chi connectivity index (χ0v) is 13.7. The van der Waals surface area contributed by atoms with Crippen molar-refractivity contribution in [1.29, 1.82) is 0 Å². The zero-order valence-electron chi connectivity index (χ0n) is 13.0. The first-order valence-corrected chi connectivity index (χ1v) is 7.87. The van der Waals surface area contributed by atoms with E-state index in [0.29, 0.717) is 23.0 Å². The quantitative estimate of drug-likeness (QED) is 0.796. The van der Waals surface area contributed by atoms with E-state index in [1.54, 1.807) is 12.1 Å². The third kappa shape index (κ3) is 2.41. The van der Waals surface area contributed by atoms with Gasteiger partial charge < -0.3 is 0 Å². The lowest BCUT2D eigenvalue weighted by Gasteiger charge is -2.32. The Morgan fingerprint density at radius 3 is 2.77 bits per heavy atom. The fraction of sp³-hybridized carbons (Fsp3) is 0.412. The Kier molecular flexibility index (Phi) is 3.73. The number of nitrogens with zero attached hydrogens (tertiary/aromatic N) is 3. The molecule has 0 fully saturated rings. The predicted octanol–water partition coefficient (Wildman–Crippen LogP) is 3.48. The van der Waals surface area contributed by atoms with Crippen molar-refractivity contribution in [2.75, 3.05) is 0 Å². The van der Waals surface area contributed by atoms with Crippen molar-refractivity contribution in [1.82, 2.24) is 15.0 Å². The molecule has 114 valence electrons. The van der Waals surface area contributed by atoms with Crippen LogP contribution in [0.25, 0.3) is 0 Å². The van der Waals surface area contributed by atoms with Crippen LogP contribution in [0, 0.1) is 6.92 Å². The third-order valence-electron chi connectivity index (χ3n) is 4.37. The molecule has 1 unspecified atom stereocenters. The number of hydrogen-bond donors (Lipinski definition) is 0. The van der Waals surface area contributed by atoms with Gasteiger partial charge in [-0.25, -0.2) is 15.0 Å². The van der Waals surface area contributed by atoms with Crippen molar-refractivity contribution < 1.29 is 4.79 Å². The number of hydrogen-bond acceptors (Lipinski definition) is 4. The molecule has 0 aromatic carbocycles. The number of carbonyl (C=O) groups is 1. The number of aryl methyl sites for hydroxylation is 3. The van der Waals surface area contributed by atoms with Crippen molar-refractivity contribution in [2.24, 2.45) is 0 Å². The summed E-state index contributed by atoms with van der Waals surface area (Å²) in [6, 6.07) is 5.41. The Morgan fingerprint density at radius 1 is 1.27 bits per heavy atom. The molecule has 0 radical (unpaired) electrons. The van der Waals surface area contributed by atoms with Gasteiger partial charge in [0.25, 0.3) is 0 Å². The summed E-state index contributed by atoms with van der Waals surface area (Å²) in [5.74, 6) is 0.779. The van der Waals surface area contributed by atoms with E-state index < -0.39 is 5.41 Å². The molecule has 0 saturated heterocycles. The molecule has 2 aromatic rings. The topological polar surface area (TPSA) is 55.7 Å². The highest BCUT2D eigenvalue weighted by Gasteiger charge is 2.42. The molecule has 2 heterocycles. The lowest BCUT2D eigenvalue weighted by Crippen LogP contribution is -2.39. The van der Waals surface area contributed by atoms with E-state index in [1.165, 1.54) is 0 Å². The van der Waals surface area contributed by atoms with Crippen LogP contribution >= 0.6 is 11.6 Å². The van der Waals surface area contributed by atoms with Gasteiger partial charge in [0.2, 0.25) is 0 Å². The van der Waals surface area contributed by atoms with Gasteiger partial charge in [-0.05, 0) is 51.3 Å². The molecule has 0 N–H and O–H groups in total. The van der Waals surface area contributed by atoms with Gasteiger partial charge in [0.1, 0.15) is 11.0 Å². The van der Waals surface area contributed by atoms with Crippen LogP contribution in [0.5, 0.6) is 0 Å². The van der Waals surface area contributed by atoms with Gasteiger partial charge >= 0.3 is 0 Å². The molecule has 5 heteroatoms. The van der Waals surface area contributed by atoms with E-state index in [9.17, 15) is 4.79 Å². The van der Waals surface area contributed by atoms with Gasteiger partial charge in [-0.15, -0.1) is 0 Å². The highest BCUT2D eigenvalue weighted by molar-refractivity contribution is 6.29. The average Bonchev–Trinajstić information content (AvgIpc) is 2.50. The molecule has 1 aliphatic rings. The minimum absolute atomic E-state index is 0.0677. The number of halogens is 1. The lowest BCUT2D eigenvalue weighted by molar-refractivity contribution is 0.0870. The van der Waals surface area contributed by atoms with E-state index in [2.05, 4.69) is 21.9 Å². The highest BCUT2D eigenvalue weighted by atomic mass is 35.5. The number of fused-ring (bicyclic) bond motifs is 1. The molecule has 1 aliphatic carbocycles. The maximum atomic E-state index is 13.0. The van der Waals surface area contributed by atoms with Crippen molar-refractivity contribution in [3.63, 3.8) is 0 Å². The van der Waals surface area contributed by atoms with Gasteiger partial charge in [0.15, 0.2) is 5.78 Å². The predicted molar refractivity (Wildman–Crippen MR) is 85.4 cm³/mol. The molecule has 4 nitrogen and oxygen atoms in total. The van der Waals surface area contributed by atoms with Gasteiger partial charge in [-0.2, -0.15) is 0 Å². The summed E-state index contributed by atoms with van der Waals surface area (Å²) in [5.41, 5.74) is 2.60. The summed E-state index contributed by atoms with van der Waals surface area (Å²) in [4.78, 5) is 26.3. The summed E-state index contributed by atoms with van der Waals surface area (Å²) in [5, 5.41) is 0.432. The SMILES string of the molecule is CCc1cc(C2(C)CCc3nc(Cl)ccc3C2=O)nc(C)n1. The number of ketones is 1. The van der Waals surface area contributed by atoms with Crippen LogP contribution in [-0.2, 0) is 18.3 Å². The second-order valence-corrected chi connectivity index (χ2v) is 6.32. The van der Waals surface area contributed by atoms with Crippen molar-refractivity contribution in [3.05, 3.63) is 51.8 Å². The first-order valence-electron chi connectivity index (χ1n) is 7.49. The number of pyridine rings is 1. The smallest absolute Gasteiger partial charge is 0.176 e. The van der Waals surface area contributed by atoms with Gasteiger partial charge in [-0.3, -0.25) is 4.79 Å². The van der Waals surface area contributed by atoms with Crippen LogP contribution in [0.15, 0.2) is 18.2 Å². The highest BCUT2D eigenvalue weighted by Crippen LogP contribution is 2.37. The molecular formula is C17H18ClN3O. The van der Waals surface area contributed by atoms with Gasteiger partial charge in [-0.1, -0.05) is 18.5 Å². The Hall–Kier alpha value is -1.81. The lowest BCUT2D eigenvalue weighted by atomic mass is 9.71. The molecular weight excluding hydrogens is 298 g/mol. The first kappa shape index (κ1) is 15.1. The van der Waals surface area contributed by atoms with Crippen molar-refractivity contribution in [3.8, 4) is 0 Å². The minimum Gasteiger partial charge on any atom is -0.293 e. The summed E-state index contributed by atoms with van der Waals surface area (Å²) < 4.78 is 0. The molecule has 1 atom stereocenters. The molecule has 0 amide bonds. The largest absolute Gasteiger partial charge is 0.293 e. The van der Waals surface area contributed by atoms with E-state index in [1.807, 2.05) is 19.9 Å². The first-order chi connectivity index (χ1) is 10.4. The molecule has 3 rings (SSSR count). The summed E-state index contributed by atoms with van der Waals surface area (Å²) in [7, 11) is 0. The minimum atomic E-state index is -0.625. The fourth-order valence-corrected chi connectivity index (χ4v) is 3.15. The molecule has 2 aromatic heterocycles. The van der Waals surface area contributed by atoms with E-state index >= 15 is 0 Å². The average molecular weight is 316 g/mol. The Labute approximate surface area is 135 Å². The van der Waals surface area contributed by atoms with E-state index in [-0.39, 0.29) is 5.78 Å². The number of aromatic nitrogens is 3. The third-order valence-corrected chi connectivity index (χ3v) is 4.58. The van der Waals surface area contributed by atoms with Crippen LogP contribution < -0.4 is 0 Å². The maximum Gasteiger partial charge on any atom is 0.176 e. The molecule has 0 bridgehead atoms. The van der Waals surface area contributed by atoms with Crippen LogP contribution in [0.1, 0.15) is 53.5 Å². The molecule has 0 saturated carbocycles. The summed E-state index contributed by atoms with van der Waals surface area (Å²) >= 11 is 5.93. The van der Waals surface area contributed by atoms with Gasteiger partial charge in [0.05, 0.1) is 16.8 Å².